The molecule has 0 aliphatic rings. The third-order valence-electron chi connectivity index (χ3n) is 2.53. The molecule has 0 N–H and O–H groups in total. The Morgan fingerprint density at radius 3 is 2.31 bits per heavy atom. The Kier molecular flexibility index (Phi) is 3.79. The van der Waals surface area contributed by atoms with E-state index >= 15 is 0 Å². The maximum atomic E-state index is 11.9. The summed E-state index contributed by atoms with van der Waals surface area (Å²) in [6.07, 6.45) is 0.655. The van der Waals surface area contributed by atoms with E-state index in [2.05, 4.69) is 20.8 Å². The van der Waals surface area contributed by atoms with Gasteiger partial charge < -0.3 is 0 Å². The standard InChI is InChI=1S/C13H20O2S/c1-5-9-16(14,15)12-8-6-7-11(10-12)13(2,3)4/h6-8,10H,5,9H2,1-4H3. The molecule has 2 nitrogen and oxygen atoms in total. The van der Waals surface area contributed by atoms with Crippen LogP contribution >= 0.6 is 0 Å². The van der Waals surface area contributed by atoms with Crippen molar-refractivity contribution >= 4 is 9.84 Å². The van der Waals surface area contributed by atoms with E-state index in [0.717, 1.165) is 5.56 Å². The Hall–Kier alpha value is -0.830. The van der Waals surface area contributed by atoms with Crippen LogP contribution in [0, 0.1) is 0 Å². The summed E-state index contributed by atoms with van der Waals surface area (Å²) in [5.41, 5.74) is 1.04. The molecular formula is C13H20O2S. The Bertz CT molecular complexity index is 453. The van der Waals surface area contributed by atoms with Crippen molar-refractivity contribution < 1.29 is 8.42 Å². The van der Waals surface area contributed by atoms with E-state index in [1.807, 2.05) is 19.1 Å². The van der Waals surface area contributed by atoms with Gasteiger partial charge >= 0.3 is 0 Å². The molecular weight excluding hydrogens is 220 g/mol. The molecule has 0 radical (unpaired) electrons. The molecule has 0 aliphatic heterocycles. The molecule has 0 heterocycles. The van der Waals surface area contributed by atoms with Gasteiger partial charge in [0.1, 0.15) is 0 Å². The summed E-state index contributed by atoms with van der Waals surface area (Å²) >= 11 is 0. The molecule has 16 heavy (non-hydrogen) atoms. The molecule has 0 atom stereocenters. The van der Waals surface area contributed by atoms with Crippen LogP contribution in [-0.2, 0) is 15.3 Å². The molecule has 0 saturated heterocycles. The van der Waals surface area contributed by atoms with Crippen LogP contribution in [0.5, 0.6) is 0 Å². The monoisotopic (exact) mass is 240 g/mol. The molecule has 0 spiro atoms. The van der Waals surface area contributed by atoms with Crippen molar-refractivity contribution in [2.24, 2.45) is 0 Å². The highest BCUT2D eigenvalue weighted by Crippen LogP contribution is 2.24. The lowest BCUT2D eigenvalue weighted by Crippen LogP contribution is -2.13. The maximum Gasteiger partial charge on any atom is 0.178 e. The van der Waals surface area contributed by atoms with E-state index in [4.69, 9.17) is 0 Å². The highest BCUT2D eigenvalue weighted by molar-refractivity contribution is 7.91. The van der Waals surface area contributed by atoms with Crippen LogP contribution in [0.15, 0.2) is 29.2 Å². The minimum atomic E-state index is -3.09. The number of sulfone groups is 1. The molecule has 0 bridgehead atoms. The zero-order valence-corrected chi connectivity index (χ0v) is 11.3. The Morgan fingerprint density at radius 2 is 1.81 bits per heavy atom. The van der Waals surface area contributed by atoms with E-state index in [0.29, 0.717) is 11.3 Å². The summed E-state index contributed by atoms with van der Waals surface area (Å²) in [4.78, 5) is 0.446. The second kappa shape index (κ2) is 4.58. The third kappa shape index (κ3) is 3.08. The van der Waals surface area contributed by atoms with Crippen molar-refractivity contribution in [3.63, 3.8) is 0 Å². The number of hydrogen-bond acceptors (Lipinski definition) is 2. The van der Waals surface area contributed by atoms with Crippen molar-refractivity contribution in [2.75, 3.05) is 5.75 Å². The van der Waals surface area contributed by atoms with Crippen LogP contribution in [-0.4, -0.2) is 14.2 Å². The Labute approximate surface area is 98.6 Å². The van der Waals surface area contributed by atoms with Gasteiger partial charge in [-0.2, -0.15) is 0 Å². The molecule has 3 heteroatoms. The predicted molar refractivity (Wildman–Crippen MR) is 67.5 cm³/mol. The minimum Gasteiger partial charge on any atom is -0.224 e. The van der Waals surface area contributed by atoms with Gasteiger partial charge in [0.05, 0.1) is 10.6 Å². The predicted octanol–water partition coefficient (Wildman–Crippen LogP) is 3.17. The summed E-state index contributed by atoms with van der Waals surface area (Å²) in [5.74, 6) is 0.223. The van der Waals surface area contributed by atoms with Crippen LogP contribution in [0.2, 0.25) is 0 Å². The summed E-state index contributed by atoms with van der Waals surface area (Å²) in [6.45, 7) is 8.13. The normalized spacial score (nSPS) is 12.8. The SMILES string of the molecule is CCCS(=O)(=O)c1cccc(C(C)(C)C)c1. The molecule has 1 aromatic rings. The summed E-state index contributed by atoms with van der Waals surface area (Å²) in [5, 5.41) is 0. The second-order valence-corrected chi connectivity index (χ2v) is 7.21. The van der Waals surface area contributed by atoms with Gasteiger partial charge in [0.15, 0.2) is 9.84 Å². The van der Waals surface area contributed by atoms with Crippen LogP contribution < -0.4 is 0 Å². The van der Waals surface area contributed by atoms with E-state index in [1.54, 1.807) is 12.1 Å². The zero-order valence-electron chi connectivity index (χ0n) is 10.4. The molecule has 1 aromatic carbocycles. The molecule has 90 valence electrons. The van der Waals surface area contributed by atoms with Crippen molar-refractivity contribution in [3.05, 3.63) is 29.8 Å². The Morgan fingerprint density at radius 1 is 1.19 bits per heavy atom. The highest BCUT2D eigenvalue weighted by Gasteiger charge is 2.18. The molecule has 0 saturated carbocycles. The first-order valence-corrected chi connectivity index (χ1v) is 7.26. The summed E-state index contributed by atoms with van der Waals surface area (Å²) < 4.78 is 23.8. The van der Waals surface area contributed by atoms with Crippen molar-refractivity contribution in [1.82, 2.24) is 0 Å². The quantitative estimate of drug-likeness (QED) is 0.813. The lowest BCUT2D eigenvalue weighted by atomic mass is 9.87. The minimum absolute atomic E-state index is 0.0161. The lowest BCUT2D eigenvalue weighted by molar-refractivity contribution is 0.583. The van der Waals surface area contributed by atoms with Gasteiger partial charge in [-0.05, 0) is 29.5 Å². The van der Waals surface area contributed by atoms with Gasteiger partial charge in [-0.1, -0.05) is 39.8 Å². The van der Waals surface area contributed by atoms with Gasteiger partial charge in [0.25, 0.3) is 0 Å². The average molecular weight is 240 g/mol. The number of benzene rings is 1. The molecule has 0 aliphatic carbocycles. The smallest absolute Gasteiger partial charge is 0.178 e. The van der Waals surface area contributed by atoms with E-state index in [-0.39, 0.29) is 11.2 Å². The maximum absolute atomic E-state index is 11.9. The largest absolute Gasteiger partial charge is 0.224 e. The van der Waals surface area contributed by atoms with Crippen molar-refractivity contribution in [3.8, 4) is 0 Å². The lowest BCUT2D eigenvalue weighted by Gasteiger charge is -2.19. The molecule has 0 unspecified atom stereocenters. The average Bonchev–Trinajstić information content (AvgIpc) is 2.16. The number of rotatable bonds is 3. The van der Waals surface area contributed by atoms with Gasteiger partial charge in [0, 0.05) is 0 Å². The van der Waals surface area contributed by atoms with Gasteiger partial charge in [-0.15, -0.1) is 0 Å². The van der Waals surface area contributed by atoms with E-state index < -0.39 is 9.84 Å². The van der Waals surface area contributed by atoms with E-state index in [9.17, 15) is 8.42 Å². The number of hydrogen-bond donors (Lipinski definition) is 0. The van der Waals surface area contributed by atoms with Crippen molar-refractivity contribution in [1.29, 1.82) is 0 Å². The van der Waals surface area contributed by atoms with Crippen LogP contribution in [0.4, 0.5) is 0 Å². The van der Waals surface area contributed by atoms with Crippen LogP contribution in [0.1, 0.15) is 39.7 Å². The molecule has 0 amide bonds. The first-order valence-electron chi connectivity index (χ1n) is 5.60. The first-order chi connectivity index (χ1) is 7.27. The van der Waals surface area contributed by atoms with Gasteiger partial charge in [0.2, 0.25) is 0 Å². The summed E-state index contributed by atoms with van der Waals surface area (Å²) in [6, 6.07) is 7.28. The first kappa shape index (κ1) is 13.2. The fraction of sp³-hybridized carbons (Fsp3) is 0.538. The molecule has 0 aromatic heterocycles. The fourth-order valence-corrected chi connectivity index (χ4v) is 2.91. The second-order valence-electron chi connectivity index (χ2n) is 5.10. The van der Waals surface area contributed by atoms with E-state index in [1.165, 1.54) is 0 Å². The van der Waals surface area contributed by atoms with Gasteiger partial charge in [-0.25, -0.2) is 8.42 Å². The summed E-state index contributed by atoms with van der Waals surface area (Å²) in [7, 11) is -3.09. The van der Waals surface area contributed by atoms with Crippen LogP contribution in [0.3, 0.4) is 0 Å². The van der Waals surface area contributed by atoms with Crippen LogP contribution in [0.25, 0.3) is 0 Å². The fourth-order valence-electron chi connectivity index (χ4n) is 1.54. The Balaban J connectivity index is 3.19. The van der Waals surface area contributed by atoms with Gasteiger partial charge in [-0.3, -0.25) is 0 Å². The topological polar surface area (TPSA) is 34.1 Å². The molecule has 0 fully saturated rings. The zero-order chi connectivity index (χ0) is 12.4. The highest BCUT2D eigenvalue weighted by atomic mass is 32.2. The molecule has 1 rings (SSSR count). The van der Waals surface area contributed by atoms with Crippen molar-refractivity contribution in [2.45, 2.75) is 44.4 Å². The third-order valence-corrected chi connectivity index (χ3v) is 4.45.